The van der Waals surface area contributed by atoms with Crippen LogP contribution in [0.2, 0.25) is 0 Å². The maximum atomic E-state index is 11.8. The normalized spacial score (nSPS) is 22.5. The minimum absolute atomic E-state index is 0.333. The van der Waals surface area contributed by atoms with Gasteiger partial charge in [0.1, 0.15) is 9.75 Å². The van der Waals surface area contributed by atoms with E-state index in [-0.39, 0.29) is 6.61 Å². The van der Waals surface area contributed by atoms with E-state index < -0.39 is 21.6 Å². The average molecular weight is 442 g/mol. The van der Waals surface area contributed by atoms with Crippen molar-refractivity contribution in [1.82, 2.24) is 0 Å². The Labute approximate surface area is 146 Å². The minimum atomic E-state index is -1.09. The van der Waals surface area contributed by atoms with Gasteiger partial charge in [-0.15, -0.1) is 23.2 Å². The van der Waals surface area contributed by atoms with E-state index in [0.717, 1.165) is 9.13 Å². The van der Waals surface area contributed by atoms with E-state index in [4.69, 9.17) is 27.9 Å². The standard InChI is InChI=1S/C14H14Cl2INO3/c1-8-5-9(17)3-4-10(8)18-11(19)6-21-12(20)13(2)7-14(13,15)16/h3-5H,6-7H2,1-2H3,(H,18,19). The third kappa shape index (κ3) is 3.63. The third-order valence-electron chi connectivity index (χ3n) is 3.51. The summed E-state index contributed by atoms with van der Waals surface area (Å²) in [4.78, 5) is 23.6. The second-order valence-corrected chi connectivity index (χ2v) is 8.03. The summed E-state index contributed by atoms with van der Waals surface area (Å²) in [6.07, 6.45) is 0.333. The fraction of sp³-hybridized carbons (Fsp3) is 0.429. The molecule has 1 amide bonds. The van der Waals surface area contributed by atoms with Crippen molar-refractivity contribution in [2.24, 2.45) is 5.41 Å². The van der Waals surface area contributed by atoms with Crippen molar-refractivity contribution >= 4 is 63.4 Å². The van der Waals surface area contributed by atoms with Gasteiger partial charge < -0.3 is 10.1 Å². The molecule has 0 aliphatic heterocycles. The SMILES string of the molecule is Cc1cc(I)ccc1NC(=O)COC(=O)C1(C)CC1(Cl)Cl. The maximum absolute atomic E-state index is 11.8. The molecule has 1 unspecified atom stereocenters. The molecule has 1 aromatic carbocycles. The number of benzene rings is 1. The van der Waals surface area contributed by atoms with Gasteiger partial charge in [0.2, 0.25) is 0 Å². The van der Waals surface area contributed by atoms with Crippen LogP contribution in [0.25, 0.3) is 0 Å². The van der Waals surface area contributed by atoms with Crippen molar-refractivity contribution in [3.05, 3.63) is 27.3 Å². The van der Waals surface area contributed by atoms with Crippen molar-refractivity contribution in [1.29, 1.82) is 0 Å². The van der Waals surface area contributed by atoms with Gasteiger partial charge in [-0.25, -0.2) is 0 Å². The van der Waals surface area contributed by atoms with Gasteiger partial charge in [-0.05, 0) is 60.2 Å². The molecule has 1 aliphatic rings. The first kappa shape index (κ1) is 16.8. The highest BCUT2D eigenvalue weighted by molar-refractivity contribution is 14.1. The molecule has 0 bridgehead atoms. The van der Waals surface area contributed by atoms with Gasteiger partial charge in [0.25, 0.3) is 5.91 Å². The van der Waals surface area contributed by atoms with E-state index in [2.05, 4.69) is 27.9 Å². The van der Waals surface area contributed by atoms with Crippen molar-refractivity contribution in [3.63, 3.8) is 0 Å². The number of alkyl halides is 2. The largest absolute Gasteiger partial charge is 0.455 e. The van der Waals surface area contributed by atoms with Crippen molar-refractivity contribution in [2.45, 2.75) is 24.6 Å². The molecule has 114 valence electrons. The Bertz CT molecular complexity index is 606. The molecule has 0 heterocycles. The molecular weight excluding hydrogens is 428 g/mol. The summed E-state index contributed by atoms with van der Waals surface area (Å²) >= 11 is 14.0. The fourth-order valence-corrected chi connectivity index (χ4v) is 3.20. The topological polar surface area (TPSA) is 55.4 Å². The van der Waals surface area contributed by atoms with E-state index in [1.807, 2.05) is 25.1 Å². The first-order valence-corrected chi connectivity index (χ1v) is 8.10. The van der Waals surface area contributed by atoms with Gasteiger partial charge in [0, 0.05) is 15.7 Å². The lowest BCUT2D eigenvalue weighted by Gasteiger charge is -2.12. The fourth-order valence-electron chi connectivity index (χ4n) is 1.87. The van der Waals surface area contributed by atoms with Crippen LogP contribution in [0.5, 0.6) is 0 Å². The van der Waals surface area contributed by atoms with Crippen LogP contribution in [0.4, 0.5) is 5.69 Å². The number of rotatable bonds is 4. The van der Waals surface area contributed by atoms with Gasteiger partial charge in [-0.1, -0.05) is 0 Å². The Kier molecular flexibility index (Phi) is 4.75. The molecule has 1 N–H and O–H groups in total. The Balaban J connectivity index is 1.87. The molecule has 1 fully saturated rings. The van der Waals surface area contributed by atoms with Crippen LogP contribution in [0.3, 0.4) is 0 Å². The van der Waals surface area contributed by atoms with Gasteiger partial charge in [-0.3, -0.25) is 9.59 Å². The Morgan fingerprint density at radius 3 is 2.57 bits per heavy atom. The summed E-state index contributed by atoms with van der Waals surface area (Å²) in [5.41, 5.74) is 0.712. The molecule has 0 spiro atoms. The lowest BCUT2D eigenvalue weighted by molar-refractivity contribution is -0.152. The molecule has 0 radical (unpaired) electrons. The van der Waals surface area contributed by atoms with E-state index >= 15 is 0 Å². The monoisotopic (exact) mass is 441 g/mol. The lowest BCUT2D eigenvalue weighted by Crippen LogP contribution is -2.27. The van der Waals surface area contributed by atoms with Crippen molar-refractivity contribution in [3.8, 4) is 0 Å². The first-order chi connectivity index (χ1) is 9.65. The maximum Gasteiger partial charge on any atom is 0.315 e. The number of carbonyl (C=O) groups is 2. The number of halogens is 3. The molecular formula is C14H14Cl2INO3. The number of carbonyl (C=O) groups excluding carboxylic acids is 2. The molecule has 21 heavy (non-hydrogen) atoms. The lowest BCUT2D eigenvalue weighted by atomic mass is 10.1. The van der Waals surface area contributed by atoms with E-state index in [9.17, 15) is 9.59 Å². The molecule has 1 saturated carbocycles. The predicted octanol–water partition coefficient (Wildman–Crippen LogP) is 3.67. The Hall–Kier alpha value is -0.530. The van der Waals surface area contributed by atoms with E-state index in [1.54, 1.807) is 6.92 Å². The van der Waals surface area contributed by atoms with Gasteiger partial charge in [-0.2, -0.15) is 0 Å². The van der Waals surface area contributed by atoms with E-state index in [0.29, 0.717) is 12.1 Å². The van der Waals surface area contributed by atoms with Crippen LogP contribution >= 0.6 is 45.8 Å². The highest BCUT2D eigenvalue weighted by Crippen LogP contribution is 2.64. The van der Waals surface area contributed by atoms with Crippen LogP contribution in [0, 0.1) is 15.9 Å². The van der Waals surface area contributed by atoms with E-state index in [1.165, 1.54) is 0 Å². The van der Waals surface area contributed by atoms with Crippen LogP contribution < -0.4 is 5.32 Å². The smallest absolute Gasteiger partial charge is 0.315 e. The van der Waals surface area contributed by atoms with Crippen molar-refractivity contribution < 1.29 is 14.3 Å². The molecule has 1 aromatic rings. The molecule has 1 aliphatic carbocycles. The zero-order valence-corrected chi connectivity index (χ0v) is 15.2. The van der Waals surface area contributed by atoms with Crippen molar-refractivity contribution in [2.75, 3.05) is 11.9 Å². The summed E-state index contributed by atoms with van der Waals surface area (Å²) in [5, 5.41) is 2.70. The second kappa shape index (κ2) is 5.93. The van der Waals surface area contributed by atoms with Crippen LogP contribution in [-0.2, 0) is 14.3 Å². The number of hydrogen-bond donors (Lipinski definition) is 1. The van der Waals surface area contributed by atoms with Crippen LogP contribution in [-0.4, -0.2) is 22.8 Å². The quantitative estimate of drug-likeness (QED) is 0.440. The molecule has 0 saturated heterocycles. The average Bonchev–Trinajstić information content (AvgIpc) is 2.90. The van der Waals surface area contributed by atoms with Crippen LogP contribution in [0.15, 0.2) is 18.2 Å². The summed E-state index contributed by atoms with van der Waals surface area (Å²) in [7, 11) is 0. The predicted molar refractivity (Wildman–Crippen MR) is 90.6 cm³/mol. The number of anilines is 1. The number of esters is 1. The number of hydrogen-bond acceptors (Lipinski definition) is 3. The first-order valence-electron chi connectivity index (χ1n) is 6.27. The minimum Gasteiger partial charge on any atom is -0.455 e. The molecule has 7 heteroatoms. The highest BCUT2D eigenvalue weighted by Gasteiger charge is 2.69. The second-order valence-electron chi connectivity index (χ2n) is 5.30. The van der Waals surface area contributed by atoms with Gasteiger partial charge >= 0.3 is 5.97 Å². The summed E-state index contributed by atoms with van der Waals surface area (Å²) in [5.74, 6) is -0.950. The third-order valence-corrected chi connectivity index (χ3v) is 5.28. The summed E-state index contributed by atoms with van der Waals surface area (Å²) in [6.45, 7) is 3.16. The molecule has 2 rings (SSSR count). The van der Waals surface area contributed by atoms with Gasteiger partial charge in [0.05, 0.1) is 0 Å². The zero-order chi connectivity index (χ0) is 15.8. The molecule has 1 atom stereocenters. The molecule has 4 nitrogen and oxygen atoms in total. The number of ether oxygens (including phenoxy) is 1. The molecule has 0 aromatic heterocycles. The highest BCUT2D eigenvalue weighted by atomic mass is 127. The zero-order valence-electron chi connectivity index (χ0n) is 11.5. The van der Waals surface area contributed by atoms with Gasteiger partial charge in [0.15, 0.2) is 6.61 Å². The Morgan fingerprint density at radius 2 is 2.05 bits per heavy atom. The summed E-state index contributed by atoms with van der Waals surface area (Å²) in [6, 6.07) is 5.64. The number of amides is 1. The number of nitrogens with one attached hydrogen (secondary N) is 1. The summed E-state index contributed by atoms with van der Waals surface area (Å²) < 4.78 is 4.97. The number of aryl methyl sites for hydroxylation is 1. The Morgan fingerprint density at radius 1 is 1.43 bits per heavy atom. The van der Waals surface area contributed by atoms with Crippen LogP contribution in [0.1, 0.15) is 18.9 Å².